The van der Waals surface area contributed by atoms with E-state index in [2.05, 4.69) is 167 Å². The standard InChI is InChI=1S/C44H27BN3O/c1-3-13-27(14-4-1)47(28-15-5-2-6-16-28)29-25-35(31-19-11-21-34-41(31)46-42-33-18-8-10-24-39(33)49-44(34)42)40-38(26-29)48-37-23-9-7-17-30(37)32-20-12-22-36(45-40)43(32)48/h1-26,46H. The van der Waals surface area contributed by atoms with Crippen molar-refractivity contribution in [1.82, 2.24) is 9.55 Å². The van der Waals surface area contributed by atoms with E-state index in [1.54, 1.807) is 0 Å². The summed E-state index contributed by atoms with van der Waals surface area (Å²) in [6.07, 6.45) is 0. The van der Waals surface area contributed by atoms with Crippen molar-refractivity contribution in [1.29, 1.82) is 0 Å². The average Bonchev–Trinajstić information content (AvgIpc) is 3.82. The second kappa shape index (κ2) is 10.0. The minimum atomic E-state index is 0.894. The Labute approximate surface area is 282 Å². The highest BCUT2D eigenvalue weighted by Crippen LogP contribution is 2.43. The lowest BCUT2D eigenvalue weighted by Gasteiger charge is -2.30. The van der Waals surface area contributed by atoms with Gasteiger partial charge in [-0.1, -0.05) is 103 Å². The first-order valence-corrected chi connectivity index (χ1v) is 16.7. The number of aromatic nitrogens is 2. The normalized spacial score (nSPS) is 12.2. The van der Waals surface area contributed by atoms with E-state index in [9.17, 15) is 0 Å². The van der Waals surface area contributed by atoms with E-state index in [1.807, 2.05) is 12.1 Å². The Morgan fingerprint density at radius 3 is 2.02 bits per heavy atom. The molecule has 1 radical (unpaired) electrons. The number of fused-ring (bicyclic) bond motifs is 10. The summed E-state index contributed by atoms with van der Waals surface area (Å²) in [6, 6.07) is 56.3. The Balaban J connectivity index is 1.27. The maximum Gasteiger partial charge on any atom is 0.197 e. The molecule has 0 saturated carbocycles. The van der Waals surface area contributed by atoms with Crippen LogP contribution in [0, 0.1) is 0 Å². The van der Waals surface area contributed by atoms with Crippen molar-refractivity contribution in [3.63, 3.8) is 0 Å². The molecule has 0 bridgehead atoms. The maximum absolute atomic E-state index is 6.46. The average molecular weight is 625 g/mol. The van der Waals surface area contributed by atoms with Crippen LogP contribution >= 0.6 is 0 Å². The van der Waals surface area contributed by atoms with Crippen LogP contribution in [-0.2, 0) is 0 Å². The third-order valence-corrected chi connectivity index (χ3v) is 10.1. The number of hydrogen-bond donors (Lipinski definition) is 1. The van der Waals surface area contributed by atoms with Crippen molar-refractivity contribution >= 4 is 90.0 Å². The molecule has 4 heterocycles. The molecule has 1 N–H and O–H groups in total. The Morgan fingerprint density at radius 2 is 1.20 bits per heavy atom. The molecule has 3 aromatic heterocycles. The number of H-pyrrole nitrogens is 1. The predicted octanol–water partition coefficient (Wildman–Crippen LogP) is 10.3. The van der Waals surface area contributed by atoms with E-state index in [0.29, 0.717) is 0 Å². The van der Waals surface area contributed by atoms with E-state index < -0.39 is 0 Å². The Hall–Kier alpha value is -6.46. The number of para-hydroxylation sites is 6. The van der Waals surface area contributed by atoms with Crippen LogP contribution in [0.3, 0.4) is 0 Å². The van der Waals surface area contributed by atoms with Gasteiger partial charge in [-0.3, -0.25) is 0 Å². The zero-order valence-corrected chi connectivity index (χ0v) is 26.4. The Morgan fingerprint density at radius 1 is 0.531 bits per heavy atom. The lowest BCUT2D eigenvalue weighted by Crippen LogP contribution is -2.37. The Bertz CT molecular complexity index is 2880. The molecule has 0 fully saturated rings. The number of benzene rings is 7. The summed E-state index contributed by atoms with van der Waals surface area (Å²) < 4.78 is 8.94. The van der Waals surface area contributed by atoms with Crippen molar-refractivity contribution in [2.24, 2.45) is 0 Å². The van der Waals surface area contributed by atoms with E-state index in [4.69, 9.17) is 4.42 Å². The van der Waals surface area contributed by atoms with Gasteiger partial charge >= 0.3 is 0 Å². The largest absolute Gasteiger partial charge is 0.454 e. The van der Waals surface area contributed by atoms with E-state index >= 15 is 0 Å². The molecule has 0 atom stereocenters. The molecule has 4 nitrogen and oxygen atoms in total. The van der Waals surface area contributed by atoms with Gasteiger partial charge in [0.05, 0.1) is 16.6 Å². The first-order chi connectivity index (χ1) is 24.3. The summed E-state index contributed by atoms with van der Waals surface area (Å²) in [4.78, 5) is 6.18. The molecule has 1 aliphatic heterocycles. The van der Waals surface area contributed by atoms with Gasteiger partial charge in [-0.2, -0.15) is 0 Å². The van der Waals surface area contributed by atoms with Crippen LogP contribution in [0.4, 0.5) is 17.1 Å². The molecule has 0 unspecified atom stereocenters. The van der Waals surface area contributed by atoms with Crippen LogP contribution in [0.25, 0.3) is 71.6 Å². The molecule has 0 amide bonds. The lowest BCUT2D eigenvalue weighted by molar-refractivity contribution is 0.673. The highest BCUT2D eigenvalue weighted by molar-refractivity contribution is 6.73. The number of hydrogen-bond acceptors (Lipinski definition) is 2. The molecule has 49 heavy (non-hydrogen) atoms. The van der Waals surface area contributed by atoms with Gasteiger partial charge in [0.25, 0.3) is 0 Å². The SMILES string of the molecule is [B]1c2c(-c3cccc4c3[nH]c3c5ccccc5oc43)cc(N(c3ccccc3)c3ccccc3)cc2-n2c3ccccc3c3cccc1c32. The molecule has 7 aromatic carbocycles. The quantitative estimate of drug-likeness (QED) is 0.198. The minimum absolute atomic E-state index is 0.894. The highest BCUT2D eigenvalue weighted by Gasteiger charge is 2.28. The third kappa shape index (κ3) is 3.75. The van der Waals surface area contributed by atoms with Crippen molar-refractivity contribution in [2.75, 3.05) is 4.90 Å². The monoisotopic (exact) mass is 624 g/mol. The first kappa shape index (κ1) is 26.6. The summed E-state index contributed by atoms with van der Waals surface area (Å²) in [7, 11) is 2.38. The molecule has 11 rings (SSSR count). The topological polar surface area (TPSA) is 37.1 Å². The number of furan rings is 1. The van der Waals surface area contributed by atoms with E-state index in [0.717, 1.165) is 66.8 Å². The van der Waals surface area contributed by atoms with Crippen LogP contribution in [0.2, 0.25) is 0 Å². The van der Waals surface area contributed by atoms with Crippen LogP contribution in [0.5, 0.6) is 0 Å². The molecular formula is C44H27BN3O. The van der Waals surface area contributed by atoms with Crippen molar-refractivity contribution < 1.29 is 4.42 Å². The van der Waals surface area contributed by atoms with E-state index in [1.165, 1.54) is 32.7 Å². The number of aromatic amines is 1. The van der Waals surface area contributed by atoms with E-state index in [-0.39, 0.29) is 0 Å². The van der Waals surface area contributed by atoms with Gasteiger partial charge in [0.15, 0.2) is 12.9 Å². The van der Waals surface area contributed by atoms with Crippen LogP contribution in [-0.4, -0.2) is 16.8 Å². The number of nitrogens with zero attached hydrogens (tertiary/aromatic N) is 2. The molecule has 0 aliphatic carbocycles. The summed E-state index contributed by atoms with van der Waals surface area (Å²) >= 11 is 0. The predicted molar refractivity (Wildman–Crippen MR) is 205 cm³/mol. The van der Waals surface area contributed by atoms with Crippen molar-refractivity contribution in [3.05, 3.63) is 158 Å². The second-order valence-electron chi connectivity index (χ2n) is 12.8. The van der Waals surface area contributed by atoms with Gasteiger partial charge < -0.3 is 18.9 Å². The third-order valence-electron chi connectivity index (χ3n) is 10.1. The van der Waals surface area contributed by atoms with Crippen LogP contribution in [0.15, 0.2) is 162 Å². The van der Waals surface area contributed by atoms with Gasteiger partial charge in [-0.15, -0.1) is 0 Å². The molecule has 227 valence electrons. The maximum atomic E-state index is 6.46. The van der Waals surface area contributed by atoms with Crippen molar-refractivity contribution in [2.45, 2.75) is 0 Å². The van der Waals surface area contributed by atoms with Gasteiger partial charge in [-0.25, -0.2) is 0 Å². The van der Waals surface area contributed by atoms with Crippen LogP contribution in [0.1, 0.15) is 0 Å². The fourth-order valence-electron chi connectivity index (χ4n) is 8.07. The van der Waals surface area contributed by atoms with Crippen LogP contribution < -0.4 is 15.8 Å². The lowest BCUT2D eigenvalue weighted by atomic mass is 9.59. The van der Waals surface area contributed by atoms with Gasteiger partial charge in [0.2, 0.25) is 0 Å². The molecule has 0 saturated heterocycles. The molecule has 5 heteroatoms. The van der Waals surface area contributed by atoms with Gasteiger partial charge in [0, 0.05) is 55.4 Å². The Kier molecular flexibility index (Phi) is 5.44. The fourth-order valence-corrected chi connectivity index (χ4v) is 8.07. The summed E-state index contributed by atoms with van der Waals surface area (Å²) in [5.41, 5.74) is 15.5. The molecule has 1 aliphatic rings. The molecule has 0 spiro atoms. The van der Waals surface area contributed by atoms with Gasteiger partial charge in [0.1, 0.15) is 5.58 Å². The summed E-state index contributed by atoms with van der Waals surface area (Å²) in [5, 5.41) is 4.70. The smallest absolute Gasteiger partial charge is 0.197 e. The van der Waals surface area contributed by atoms with Gasteiger partial charge in [-0.05, 0) is 71.7 Å². The number of anilines is 3. The van der Waals surface area contributed by atoms with Crippen molar-refractivity contribution in [3.8, 4) is 16.8 Å². The number of rotatable bonds is 4. The first-order valence-electron chi connectivity index (χ1n) is 16.7. The zero-order chi connectivity index (χ0) is 32.1. The molecular weight excluding hydrogens is 597 g/mol. The highest BCUT2D eigenvalue weighted by atomic mass is 16.3. The fraction of sp³-hybridized carbons (Fsp3) is 0. The minimum Gasteiger partial charge on any atom is -0.454 e. The summed E-state index contributed by atoms with van der Waals surface area (Å²) in [5.74, 6) is 0. The zero-order valence-electron chi connectivity index (χ0n) is 26.4. The second-order valence-corrected chi connectivity index (χ2v) is 12.8. The molecule has 10 aromatic rings. The number of nitrogens with one attached hydrogen (secondary N) is 1. The summed E-state index contributed by atoms with van der Waals surface area (Å²) in [6.45, 7) is 0.